The maximum absolute atomic E-state index is 13.4. The predicted molar refractivity (Wildman–Crippen MR) is 122 cm³/mol. The zero-order valence-corrected chi connectivity index (χ0v) is 18.9. The summed E-state index contributed by atoms with van der Waals surface area (Å²) in [6, 6.07) is 10.9. The van der Waals surface area contributed by atoms with Gasteiger partial charge < -0.3 is 25.0 Å². The Bertz CT molecular complexity index is 953. The summed E-state index contributed by atoms with van der Waals surface area (Å²) in [5.74, 6) is -0.663. The van der Waals surface area contributed by atoms with Crippen LogP contribution < -0.4 is 20.1 Å². The van der Waals surface area contributed by atoms with E-state index in [4.69, 9.17) is 21.1 Å². The molecule has 0 aromatic heterocycles. The molecule has 2 aromatic rings. The molecule has 2 amide bonds. The SMILES string of the molecule is C=C(CCNC(=O)COc1ccc(Cl)c(F)c1)NC(=O)c1ccccc1OCCN(C)C. The van der Waals surface area contributed by atoms with Gasteiger partial charge in [0.1, 0.15) is 23.9 Å². The van der Waals surface area contributed by atoms with E-state index in [0.717, 1.165) is 12.6 Å². The molecule has 172 valence electrons. The number of likely N-dealkylation sites (N-methyl/N-ethyl adjacent to an activating group) is 1. The van der Waals surface area contributed by atoms with Crippen molar-refractivity contribution in [3.05, 3.63) is 71.1 Å². The molecule has 2 N–H and O–H groups in total. The second-order valence-electron chi connectivity index (χ2n) is 7.17. The second-order valence-corrected chi connectivity index (χ2v) is 7.58. The third-order valence-electron chi connectivity index (χ3n) is 4.23. The smallest absolute Gasteiger partial charge is 0.259 e. The van der Waals surface area contributed by atoms with Crippen LogP contribution in [0.2, 0.25) is 5.02 Å². The number of para-hydroxylation sites is 1. The number of hydrogen-bond acceptors (Lipinski definition) is 5. The van der Waals surface area contributed by atoms with Crippen LogP contribution in [0.15, 0.2) is 54.7 Å². The first-order chi connectivity index (χ1) is 15.3. The second kappa shape index (κ2) is 12.7. The van der Waals surface area contributed by atoms with Gasteiger partial charge in [-0.1, -0.05) is 30.3 Å². The Hall–Kier alpha value is -3.10. The number of ether oxygens (including phenoxy) is 2. The highest BCUT2D eigenvalue weighted by atomic mass is 35.5. The van der Waals surface area contributed by atoms with Gasteiger partial charge in [0.25, 0.3) is 11.8 Å². The molecule has 2 rings (SSSR count). The number of nitrogens with zero attached hydrogens (tertiary/aromatic N) is 1. The van der Waals surface area contributed by atoms with Crippen LogP contribution in [-0.4, -0.2) is 57.1 Å². The molecule has 0 spiro atoms. The van der Waals surface area contributed by atoms with E-state index in [-0.39, 0.29) is 35.7 Å². The summed E-state index contributed by atoms with van der Waals surface area (Å²) < 4.78 is 24.3. The Kier molecular flexibility index (Phi) is 9.97. The first-order valence-corrected chi connectivity index (χ1v) is 10.3. The fourth-order valence-electron chi connectivity index (χ4n) is 2.53. The van der Waals surface area contributed by atoms with Crippen molar-refractivity contribution < 1.29 is 23.5 Å². The van der Waals surface area contributed by atoms with E-state index in [9.17, 15) is 14.0 Å². The van der Waals surface area contributed by atoms with Gasteiger partial charge in [-0.25, -0.2) is 4.39 Å². The molecule has 7 nitrogen and oxygen atoms in total. The summed E-state index contributed by atoms with van der Waals surface area (Å²) in [4.78, 5) is 26.4. The van der Waals surface area contributed by atoms with E-state index in [1.807, 2.05) is 19.0 Å². The minimum Gasteiger partial charge on any atom is -0.491 e. The number of amides is 2. The van der Waals surface area contributed by atoms with Gasteiger partial charge in [-0.05, 0) is 38.4 Å². The van der Waals surface area contributed by atoms with Crippen molar-refractivity contribution in [1.82, 2.24) is 15.5 Å². The zero-order chi connectivity index (χ0) is 23.5. The lowest BCUT2D eigenvalue weighted by Gasteiger charge is -2.15. The zero-order valence-electron chi connectivity index (χ0n) is 18.1. The first-order valence-electron chi connectivity index (χ1n) is 9.96. The van der Waals surface area contributed by atoms with Crippen molar-refractivity contribution in [2.75, 3.05) is 40.4 Å². The molecule has 0 atom stereocenters. The highest BCUT2D eigenvalue weighted by Crippen LogP contribution is 2.20. The van der Waals surface area contributed by atoms with Crippen molar-refractivity contribution >= 4 is 23.4 Å². The predicted octanol–water partition coefficient (Wildman–Crippen LogP) is 3.25. The van der Waals surface area contributed by atoms with Crippen LogP contribution >= 0.6 is 11.6 Å². The Labute approximate surface area is 192 Å². The molecule has 0 aliphatic carbocycles. The Morgan fingerprint density at radius 1 is 1.16 bits per heavy atom. The Balaban J connectivity index is 1.74. The van der Waals surface area contributed by atoms with Gasteiger partial charge in [0.15, 0.2) is 6.61 Å². The number of hydrogen-bond donors (Lipinski definition) is 2. The summed E-state index contributed by atoms with van der Waals surface area (Å²) in [6.07, 6.45) is 0.330. The molecule has 2 aromatic carbocycles. The molecule has 9 heteroatoms. The summed E-state index contributed by atoms with van der Waals surface area (Å²) in [6.45, 7) is 4.97. The van der Waals surface area contributed by atoms with Crippen LogP contribution in [0.3, 0.4) is 0 Å². The standard InChI is InChI=1S/C23H27ClFN3O4/c1-16(10-11-26-22(29)15-32-17-8-9-19(24)20(25)14-17)27-23(30)18-6-4-5-7-21(18)31-13-12-28(2)3/h4-9,14H,1,10-13,15H2,2-3H3,(H,26,29)(H,27,30). The van der Waals surface area contributed by atoms with E-state index in [1.165, 1.54) is 12.1 Å². The largest absolute Gasteiger partial charge is 0.491 e. The van der Waals surface area contributed by atoms with Gasteiger partial charge in [0.05, 0.1) is 10.6 Å². The lowest BCUT2D eigenvalue weighted by molar-refractivity contribution is -0.123. The lowest BCUT2D eigenvalue weighted by Crippen LogP contribution is -2.31. The highest BCUT2D eigenvalue weighted by Gasteiger charge is 2.13. The van der Waals surface area contributed by atoms with Crippen LogP contribution in [0.5, 0.6) is 11.5 Å². The van der Waals surface area contributed by atoms with E-state index >= 15 is 0 Å². The number of rotatable bonds is 12. The molecule has 0 aliphatic rings. The average Bonchev–Trinajstić information content (AvgIpc) is 2.74. The Morgan fingerprint density at radius 2 is 1.91 bits per heavy atom. The van der Waals surface area contributed by atoms with E-state index in [1.54, 1.807) is 24.3 Å². The molecule has 0 bridgehead atoms. The van der Waals surface area contributed by atoms with Gasteiger partial charge in [0, 0.05) is 31.3 Å². The number of benzene rings is 2. The van der Waals surface area contributed by atoms with Gasteiger partial charge in [0.2, 0.25) is 0 Å². The highest BCUT2D eigenvalue weighted by molar-refractivity contribution is 6.30. The van der Waals surface area contributed by atoms with E-state index < -0.39 is 5.82 Å². The van der Waals surface area contributed by atoms with Crippen LogP contribution in [0.25, 0.3) is 0 Å². The third kappa shape index (κ3) is 8.56. The van der Waals surface area contributed by atoms with Gasteiger partial charge in [-0.3, -0.25) is 9.59 Å². The fraction of sp³-hybridized carbons (Fsp3) is 0.304. The minimum atomic E-state index is -0.624. The molecular formula is C23H27ClFN3O4. The van der Waals surface area contributed by atoms with Gasteiger partial charge in [-0.15, -0.1) is 0 Å². The van der Waals surface area contributed by atoms with Crippen molar-refractivity contribution in [1.29, 1.82) is 0 Å². The maximum atomic E-state index is 13.4. The number of halogens is 2. The number of carbonyl (C=O) groups is 2. The third-order valence-corrected chi connectivity index (χ3v) is 4.53. The molecule has 0 aliphatic heterocycles. The molecule has 0 heterocycles. The van der Waals surface area contributed by atoms with Crippen molar-refractivity contribution in [3.8, 4) is 11.5 Å². The van der Waals surface area contributed by atoms with Crippen molar-refractivity contribution in [2.45, 2.75) is 6.42 Å². The minimum absolute atomic E-state index is 0.0230. The van der Waals surface area contributed by atoms with Gasteiger partial charge >= 0.3 is 0 Å². The fourth-order valence-corrected chi connectivity index (χ4v) is 2.65. The van der Waals surface area contributed by atoms with Crippen molar-refractivity contribution in [2.24, 2.45) is 0 Å². The monoisotopic (exact) mass is 463 g/mol. The molecule has 0 radical (unpaired) electrons. The van der Waals surface area contributed by atoms with Crippen LogP contribution in [0.4, 0.5) is 4.39 Å². The molecule has 0 fully saturated rings. The Morgan fingerprint density at radius 3 is 2.62 bits per heavy atom. The number of nitrogens with one attached hydrogen (secondary N) is 2. The van der Waals surface area contributed by atoms with Crippen LogP contribution in [-0.2, 0) is 4.79 Å². The average molecular weight is 464 g/mol. The summed E-state index contributed by atoms with van der Waals surface area (Å²) >= 11 is 5.60. The molecule has 32 heavy (non-hydrogen) atoms. The molecule has 0 saturated carbocycles. The van der Waals surface area contributed by atoms with E-state index in [0.29, 0.717) is 30.0 Å². The summed E-state index contributed by atoms with van der Waals surface area (Å²) in [5.41, 5.74) is 0.846. The van der Waals surface area contributed by atoms with Crippen molar-refractivity contribution in [3.63, 3.8) is 0 Å². The van der Waals surface area contributed by atoms with E-state index in [2.05, 4.69) is 17.2 Å². The lowest BCUT2D eigenvalue weighted by atomic mass is 10.2. The summed E-state index contributed by atoms with van der Waals surface area (Å²) in [5, 5.41) is 5.34. The van der Waals surface area contributed by atoms with Gasteiger partial charge in [-0.2, -0.15) is 0 Å². The molecular weight excluding hydrogens is 437 g/mol. The topological polar surface area (TPSA) is 79.9 Å². The maximum Gasteiger partial charge on any atom is 0.259 e. The molecule has 0 unspecified atom stereocenters. The normalized spacial score (nSPS) is 10.5. The summed E-state index contributed by atoms with van der Waals surface area (Å²) in [7, 11) is 3.88. The molecule has 0 saturated heterocycles. The number of carbonyl (C=O) groups excluding carboxylic acids is 2. The van der Waals surface area contributed by atoms with Crippen LogP contribution in [0, 0.1) is 5.82 Å². The first kappa shape index (κ1) is 25.2. The van der Waals surface area contributed by atoms with Crippen LogP contribution in [0.1, 0.15) is 16.8 Å². The quantitative estimate of drug-likeness (QED) is 0.505.